The van der Waals surface area contributed by atoms with Crippen LogP contribution in [-0.4, -0.2) is 16.8 Å². The van der Waals surface area contributed by atoms with Gasteiger partial charge in [-0.2, -0.15) is 0 Å². The minimum absolute atomic E-state index is 0.225. The van der Waals surface area contributed by atoms with Crippen LogP contribution in [0.1, 0.15) is 25.8 Å². The summed E-state index contributed by atoms with van der Waals surface area (Å²) in [7, 11) is 0. The van der Waals surface area contributed by atoms with Gasteiger partial charge in [-0.1, -0.05) is 50.3 Å². The van der Waals surface area contributed by atoms with Crippen molar-refractivity contribution in [3.8, 4) is 0 Å². The minimum atomic E-state index is 0.225. The molecule has 1 aliphatic heterocycles. The summed E-state index contributed by atoms with van der Waals surface area (Å²) in [5, 5.41) is 0. The summed E-state index contributed by atoms with van der Waals surface area (Å²) in [4.78, 5) is 0. The lowest BCUT2D eigenvalue weighted by atomic mass is 10.1. The fourth-order valence-electron chi connectivity index (χ4n) is 1.85. The molecular formula is C15H20OS. The lowest BCUT2D eigenvalue weighted by molar-refractivity contribution is 0.118. The molecule has 0 spiro atoms. The van der Waals surface area contributed by atoms with E-state index in [1.165, 1.54) is 5.56 Å². The van der Waals surface area contributed by atoms with Gasteiger partial charge in [0.25, 0.3) is 0 Å². The number of ether oxygens (including phenoxy) is 1. The number of rotatable bonds is 3. The molecule has 1 saturated heterocycles. The molecule has 2 heteroatoms. The summed E-state index contributed by atoms with van der Waals surface area (Å²) in [6.07, 6.45) is 6.54. The van der Waals surface area contributed by atoms with Crippen LogP contribution >= 0.6 is 11.8 Å². The van der Waals surface area contributed by atoms with E-state index in [2.05, 4.69) is 56.3 Å². The molecule has 0 saturated carbocycles. The van der Waals surface area contributed by atoms with Crippen LogP contribution in [-0.2, 0) is 11.2 Å². The zero-order valence-corrected chi connectivity index (χ0v) is 11.4. The molecule has 1 heterocycles. The van der Waals surface area contributed by atoms with Crippen molar-refractivity contribution >= 4 is 11.8 Å². The Kier molecular flexibility index (Phi) is 4.30. The lowest BCUT2D eigenvalue weighted by Crippen LogP contribution is -2.28. The quantitative estimate of drug-likeness (QED) is 0.747. The Morgan fingerprint density at radius 1 is 1.35 bits per heavy atom. The largest absolute Gasteiger partial charge is 0.363 e. The summed E-state index contributed by atoms with van der Waals surface area (Å²) in [5.74, 6) is 0. The lowest BCUT2D eigenvalue weighted by Gasteiger charge is -2.33. The molecule has 2 rings (SSSR count). The molecule has 1 fully saturated rings. The van der Waals surface area contributed by atoms with Gasteiger partial charge >= 0.3 is 0 Å². The first-order valence-electron chi connectivity index (χ1n) is 6.16. The average molecular weight is 248 g/mol. The van der Waals surface area contributed by atoms with Gasteiger partial charge in [-0.15, -0.1) is 11.8 Å². The van der Waals surface area contributed by atoms with Crippen molar-refractivity contribution in [1.82, 2.24) is 0 Å². The third-order valence-electron chi connectivity index (χ3n) is 2.91. The summed E-state index contributed by atoms with van der Waals surface area (Å²) < 4.78 is 6.07. The SMILES string of the molecule is CC1(C)CCOC(/C=C/Cc2ccccc2)S1. The van der Waals surface area contributed by atoms with E-state index in [4.69, 9.17) is 4.74 Å². The van der Waals surface area contributed by atoms with E-state index in [-0.39, 0.29) is 5.44 Å². The predicted molar refractivity (Wildman–Crippen MR) is 75.3 cm³/mol. The monoisotopic (exact) mass is 248 g/mol. The van der Waals surface area contributed by atoms with Gasteiger partial charge in [0.2, 0.25) is 0 Å². The van der Waals surface area contributed by atoms with Crippen LogP contribution in [0.25, 0.3) is 0 Å². The number of allylic oxidation sites excluding steroid dienone is 1. The molecule has 0 radical (unpaired) electrons. The fourth-order valence-corrected chi connectivity index (χ4v) is 3.04. The summed E-state index contributed by atoms with van der Waals surface area (Å²) in [6, 6.07) is 10.5. The Balaban J connectivity index is 1.85. The Morgan fingerprint density at radius 3 is 2.82 bits per heavy atom. The van der Waals surface area contributed by atoms with Crippen LogP contribution in [0.15, 0.2) is 42.5 Å². The van der Waals surface area contributed by atoms with E-state index in [0.717, 1.165) is 19.4 Å². The molecule has 0 aliphatic carbocycles. The number of thioether (sulfide) groups is 1. The van der Waals surface area contributed by atoms with E-state index in [9.17, 15) is 0 Å². The first-order chi connectivity index (χ1) is 8.16. The van der Waals surface area contributed by atoms with Gasteiger partial charge in [0, 0.05) is 11.4 Å². The summed E-state index contributed by atoms with van der Waals surface area (Å²) in [6.45, 7) is 5.46. The summed E-state index contributed by atoms with van der Waals surface area (Å²) in [5.41, 5.74) is 1.58. The number of hydrogen-bond acceptors (Lipinski definition) is 2. The molecule has 17 heavy (non-hydrogen) atoms. The van der Waals surface area contributed by atoms with E-state index in [0.29, 0.717) is 4.75 Å². The van der Waals surface area contributed by atoms with Crippen molar-refractivity contribution in [3.05, 3.63) is 48.0 Å². The van der Waals surface area contributed by atoms with E-state index in [1.54, 1.807) is 0 Å². The highest BCUT2D eigenvalue weighted by molar-refractivity contribution is 8.01. The highest BCUT2D eigenvalue weighted by Gasteiger charge is 2.27. The zero-order chi connectivity index (χ0) is 12.1. The first kappa shape index (κ1) is 12.7. The molecular weight excluding hydrogens is 228 g/mol. The topological polar surface area (TPSA) is 9.23 Å². The third-order valence-corrected chi connectivity index (χ3v) is 4.28. The summed E-state index contributed by atoms with van der Waals surface area (Å²) >= 11 is 1.91. The minimum Gasteiger partial charge on any atom is -0.363 e. The second-order valence-electron chi connectivity index (χ2n) is 4.98. The Labute approximate surface area is 108 Å². The molecule has 0 N–H and O–H groups in total. The highest BCUT2D eigenvalue weighted by atomic mass is 32.2. The van der Waals surface area contributed by atoms with Crippen LogP contribution in [0.5, 0.6) is 0 Å². The van der Waals surface area contributed by atoms with Crippen molar-refractivity contribution in [1.29, 1.82) is 0 Å². The Hall–Kier alpha value is -0.730. The molecule has 92 valence electrons. The Bertz CT molecular complexity index is 370. The van der Waals surface area contributed by atoms with Crippen molar-refractivity contribution < 1.29 is 4.74 Å². The van der Waals surface area contributed by atoms with Gasteiger partial charge < -0.3 is 4.74 Å². The molecule has 1 nitrogen and oxygen atoms in total. The van der Waals surface area contributed by atoms with Gasteiger partial charge in [-0.05, 0) is 24.5 Å². The van der Waals surface area contributed by atoms with Gasteiger partial charge in [-0.25, -0.2) is 0 Å². The normalized spacial score (nSPS) is 24.0. The highest BCUT2D eigenvalue weighted by Crippen LogP contribution is 2.37. The second-order valence-corrected chi connectivity index (χ2v) is 6.79. The molecule has 1 atom stereocenters. The van der Waals surface area contributed by atoms with Crippen LogP contribution in [0.4, 0.5) is 0 Å². The standard InChI is InChI=1S/C15H20OS/c1-15(2)11-12-16-14(17-15)10-6-9-13-7-4-3-5-8-13/h3-8,10,14H,9,11-12H2,1-2H3/b10-6+. The van der Waals surface area contributed by atoms with Crippen LogP contribution in [0, 0.1) is 0 Å². The van der Waals surface area contributed by atoms with Crippen LogP contribution in [0.2, 0.25) is 0 Å². The molecule has 0 bridgehead atoms. The third kappa shape index (κ3) is 4.21. The van der Waals surface area contributed by atoms with Gasteiger partial charge in [-0.3, -0.25) is 0 Å². The van der Waals surface area contributed by atoms with Gasteiger partial charge in [0.1, 0.15) is 5.44 Å². The maximum absolute atomic E-state index is 5.73. The van der Waals surface area contributed by atoms with Gasteiger partial charge in [0.15, 0.2) is 0 Å². The Morgan fingerprint density at radius 2 is 2.12 bits per heavy atom. The van der Waals surface area contributed by atoms with Crippen molar-refractivity contribution in [2.24, 2.45) is 0 Å². The predicted octanol–water partition coefficient (Wildman–Crippen LogP) is 4.04. The number of benzene rings is 1. The van der Waals surface area contributed by atoms with E-state index < -0.39 is 0 Å². The molecule has 0 aromatic heterocycles. The van der Waals surface area contributed by atoms with Crippen LogP contribution in [0.3, 0.4) is 0 Å². The first-order valence-corrected chi connectivity index (χ1v) is 7.04. The molecule has 1 aromatic rings. The average Bonchev–Trinajstić information content (AvgIpc) is 2.29. The fraction of sp³-hybridized carbons (Fsp3) is 0.467. The number of hydrogen-bond donors (Lipinski definition) is 0. The smallest absolute Gasteiger partial charge is 0.122 e. The van der Waals surface area contributed by atoms with E-state index >= 15 is 0 Å². The van der Waals surface area contributed by atoms with Gasteiger partial charge in [0.05, 0.1) is 0 Å². The maximum Gasteiger partial charge on any atom is 0.122 e. The molecule has 1 aliphatic rings. The van der Waals surface area contributed by atoms with Crippen molar-refractivity contribution in [2.75, 3.05) is 6.61 Å². The molecule has 1 aromatic carbocycles. The maximum atomic E-state index is 5.73. The van der Waals surface area contributed by atoms with Crippen molar-refractivity contribution in [2.45, 2.75) is 36.9 Å². The second kappa shape index (κ2) is 5.74. The van der Waals surface area contributed by atoms with Crippen LogP contribution < -0.4 is 0 Å². The van der Waals surface area contributed by atoms with E-state index in [1.807, 2.05) is 11.8 Å². The molecule has 0 amide bonds. The van der Waals surface area contributed by atoms with Crippen molar-refractivity contribution in [3.63, 3.8) is 0 Å². The zero-order valence-electron chi connectivity index (χ0n) is 10.6. The molecule has 1 unspecified atom stereocenters.